The van der Waals surface area contributed by atoms with Crippen LogP contribution in [0.5, 0.6) is 0 Å². The van der Waals surface area contributed by atoms with E-state index in [1.165, 1.54) is 31.0 Å². The third kappa shape index (κ3) is 7.44. The van der Waals surface area contributed by atoms with Crippen molar-refractivity contribution in [1.29, 1.82) is 0 Å². The number of unbranched alkanes of at least 4 members (excludes halogenated alkanes) is 1. The van der Waals surface area contributed by atoms with Gasteiger partial charge in [-0.1, -0.05) is 32.8 Å². The van der Waals surface area contributed by atoms with E-state index < -0.39 is 5.95 Å². The summed E-state index contributed by atoms with van der Waals surface area (Å²) in [5, 5.41) is 2.62. The van der Waals surface area contributed by atoms with Crippen LogP contribution >= 0.6 is 0 Å². The van der Waals surface area contributed by atoms with E-state index in [-0.39, 0.29) is 17.6 Å². The van der Waals surface area contributed by atoms with Crippen LogP contribution in [-0.4, -0.2) is 16.9 Å². The smallest absolute Gasteiger partial charge is 0.270 e. The van der Waals surface area contributed by atoms with Crippen molar-refractivity contribution >= 4 is 5.91 Å². The number of hydrogen-bond donors (Lipinski definition) is 1. The molecule has 1 heterocycles. The van der Waals surface area contributed by atoms with Crippen LogP contribution < -0.4 is 5.32 Å². The van der Waals surface area contributed by atoms with Crippen LogP contribution in [-0.2, 0) is 0 Å². The first-order valence-electron chi connectivity index (χ1n) is 5.94. The molecule has 3 nitrogen and oxygen atoms in total. The number of pyridine rings is 1. The van der Waals surface area contributed by atoms with Crippen molar-refractivity contribution in [3.63, 3.8) is 0 Å². The van der Waals surface area contributed by atoms with Crippen LogP contribution in [0.3, 0.4) is 0 Å². The quantitative estimate of drug-likeness (QED) is 0.824. The molecular formula is C13H21FN2O. The fraction of sp³-hybridized carbons (Fsp3) is 0.538. The van der Waals surface area contributed by atoms with Crippen molar-refractivity contribution in [3.05, 3.63) is 29.8 Å². The summed E-state index contributed by atoms with van der Waals surface area (Å²) in [7, 11) is 0. The first-order valence-corrected chi connectivity index (χ1v) is 5.94. The number of nitrogens with one attached hydrogen (secondary N) is 1. The molecule has 1 rings (SSSR count). The summed E-state index contributed by atoms with van der Waals surface area (Å²) in [4.78, 5) is 14.7. The third-order valence-electron chi connectivity index (χ3n) is 1.87. The van der Waals surface area contributed by atoms with Crippen molar-refractivity contribution in [2.75, 3.05) is 0 Å². The number of halogens is 1. The lowest BCUT2D eigenvalue weighted by molar-refractivity contribution is 0.0937. The van der Waals surface area contributed by atoms with Gasteiger partial charge in [0.2, 0.25) is 5.95 Å². The Kier molecular flexibility index (Phi) is 7.93. The molecule has 0 aromatic carbocycles. The lowest BCUT2D eigenvalue weighted by atomic mass is 10.3. The Morgan fingerprint density at radius 3 is 2.35 bits per heavy atom. The van der Waals surface area contributed by atoms with Gasteiger partial charge in [0.15, 0.2) is 0 Å². The van der Waals surface area contributed by atoms with Gasteiger partial charge in [0.25, 0.3) is 5.91 Å². The molecule has 0 radical (unpaired) electrons. The van der Waals surface area contributed by atoms with E-state index in [9.17, 15) is 9.18 Å². The molecule has 1 N–H and O–H groups in total. The highest BCUT2D eigenvalue weighted by molar-refractivity contribution is 5.92. The average molecular weight is 240 g/mol. The van der Waals surface area contributed by atoms with E-state index >= 15 is 0 Å². The normalized spacial score (nSPS) is 9.53. The molecule has 0 unspecified atom stereocenters. The summed E-state index contributed by atoms with van der Waals surface area (Å²) >= 11 is 0. The minimum Gasteiger partial charge on any atom is -0.349 e. The molecule has 96 valence electrons. The fourth-order valence-corrected chi connectivity index (χ4v) is 0.871. The van der Waals surface area contributed by atoms with Crippen molar-refractivity contribution in [2.45, 2.75) is 46.6 Å². The topological polar surface area (TPSA) is 42.0 Å². The monoisotopic (exact) mass is 240 g/mol. The van der Waals surface area contributed by atoms with Gasteiger partial charge in [-0.3, -0.25) is 4.79 Å². The number of hydrogen-bond acceptors (Lipinski definition) is 2. The van der Waals surface area contributed by atoms with Crippen molar-refractivity contribution in [1.82, 2.24) is 10.3 Å². The van der Waals surface area contributed by atoms with E-state index in [1.807, 2.05) is 13.8 Å². The molecule has 0 aliphatic carbocycles. The van der Waals surface area contributed by atoms with E-state index in [4.69, 9.17) is 0 Å². The van der Waals surface area contributed by atoms with E-state index in [0.29, 0.717) is 0 Å². The Bertz CT molecular complexity index is 338. The van der Waals surface area contributed by atoms with E-state index in [1.54, 1.807) is 0 Å². The molecule has 1 aromatic rings. The highest BCUT2D eigenvalue weighted by Crippen LogP contribution is 1.97. The first kappa shape index (κ1) is 15.6. The molecule has 0 saturated heterocycles. The summed E-state index contributed by atoms with van der Waals surface area (Å²) in [6.45, 7) is 8.02. The van der Waals surface area contributed by atoms with Gasteiger partial charge >= 0.3 is 0 Å². The molecule has 1 aromatic heterocycles. The fourth-order valence-electron chi connectivity index (χ4n) is 0.871. The predicted molar refractivity (Wildman–Crippen MR) is 67.4 cm³/mol. The largest absolute Gasteiger partial charge is 0.349 e. The van der Waals surface area contributed by atoms with Gasteiger partial charge in [0.05, 0.1) is 0 Å². The number of carbonyl (C=O) groups excluding carboxylic acids is 1. The summed E-state index contributed by atoms with van der Waals surface area (Å²) in [6.07, 6.45) is 2.64. The zero-order chi connectivity index (χ0) is 13.3. The average Bonchev–Trinajstić information content (AvgIpc) is 2.28. The van der Waals surface area contributed by atoms with Crippen LogP contribution in [0, 0.1) is 5.95 Å². The lowest BCUT2D eigenvalue weighted by Gasteiger charge is -2.06. The Hall–Kier alpha value is -1.45. The number of aromatic nitrogens is 1. The molecule has 0 spiro atoms. The lowest BCUT2D eigenvalue weighted by Crippen LogP contribution is -2.30. The second kappa shape index (κ2) is 8.67. The van der Waals surface area contributed by atoms with Crippen LogP contribution in [0.2, 0.25) is 0 Å². The van der Waals surface area contributed by atoms with Crippen molar-refractivity contribution in [3.8, 4) is 0 Å². The summed E-state index contributed by atoms with van der Waals surface area (Å²) < 4.78 is 12.6. The van der Waals surface area contributed by atoms with Gasteiger partial charge in [-0.25, -0.2) is 4.98 Å². The Labute approximate surface area is 102 Å². The molecule has 1 amide bonds. The molecule has 4 heteroatoms. The molecule has 0 bridgehead atoms. The standard InChI is InChI=1S/C9H11FN2O.C4H10/c1-6(2)11-9(13)7-4-3-5-8(10)12-7;1-3-4-2/h3-6H,1-2H3,(H,11,13);3-4H2,1-2H3. The highest BCUT2D eigenvalue weighted by atomic mass is 19.1. The number of amides is 1. The SMILES string of the molecule is CC(C)NC(=O)c1cccc(F)n1.CCCC. The molecule has 0 aliphatic rings. The van der Waals surface area contributed by atoms with E-state index in [2.05, 4.69) is 24.1 Å². The number of carbonyl (C=O) groups is 1. The maximum absolute atomic E-state index is 12.6. The van der Waals surface area contributed by atoms with Crippen molar-refractivity contribution in [2.24, 2.45) is 0 Å². The van der Waals surface area contributed by atoms with Gasteiger partial charge in [0, 0.05) is 6.04 Å². The van der Waals surface area contributed by atoms with Crippen LogP contribution in [0.15, 0.2) is 18.2 Å². The summed E-state index contributed by atoms with van der Waals surface area (Å²) in [5.41, 5.74) is 0.105. The maximum Gasteiger partial charge on any atom is 0.270 e. The Balaban J connectivity index is 0.000000557. The Morgan fingerprint density at radius 1 is 1.35 bits per heavy atom. The third-order valence-corrected chi connectivity index (χ3v) is 1.87. The Morgan fingerprint density at radius 2 is 1.94 bits per heavy atom. The minimum atomic E-state index is -0.642. The van der Waals surface area contributed by atoms with Crippen LogP contribution in [0.4, 0.5) is 4.39 Å². The molecule has 0 atom stereocenters. The second-order valence-electron chi connectivity index (χ2n) is 3.97. The molecular weight excluding hydrogens is 219 g/mol. The van der Waals surface area contributed by atoms with Gasteiger partial charge in [0.1, 0.15) is 5.69 Å². The predicted octanol–water partition coefficient (Wildman–Crippen LogP) is 3.17. The maximum atomic E-state index is 12.6. The number of nitrogens with zero attached hydrogens (tertiary/aromatic N) is 1. The molecule has 0 fully saturated rings. The van der Waals surface area contributed by atoms with Gasteiger partial charge in [-0.05, 0) is 26.0 Å². The summed E-state index contributed by atoms with van der Waals surface area (Å²) in [5.74, 6) is -0.995. The van der Waals surface area contributed by atoms with Gasteiger partial charge in [-0.2, -0.15) is 4.39 Å². The zero-order valence-corrected chi connectivity index (χ0v) is 11.0. The zero-order valence-electron chi connectivity index (χ0n) is 11.0. The highest BCUT2D eigenvalue weighted by Gasteiger charge is 2.08. The number of rotatable bonds is 3. The van der Waals surface area contributed by atoms with Gasteiger partial charge in [-0.15, -0.1) is 0 Å². The van der Waals surface area contributed by atoms with Crippen LogP contribution in [0.25, 0.3) is 0 Å². The van der Waals surface area contributed by atoms with E-state index in [0.717, 1.165) is 0 Å². The second-order valence-corrected chi connectivity index (χ2v) is 3.97. The molecule has 0 aliphatic heterocycles. The van der Waals surface area contributed by atoms with Crippen molar-refractivity contribution < 1.29 is 9.18 Å². The van der Waals surface area contributed by atoms with Crippen LogP contribution in [0.1, 0.15) is 51.0 Å². The minimum absolute atomic E-state index is 0.0255. The van der Waals surface area contributed by atoms with Gasteiger partial charge < -0.3 is 5.32 Å². The first-order chi connectivity index (χ1) is 8.01. The summed E-state index contributed by atoms with van der Waals surface area (Å²) in [6, 6.07) is 4.16. The molecule has 0 saturated carbocycles. The molecule has 17 heavy (non-hydrogen) atoms.